The van der Waals surface area contributed by atoms with E-state index < -0.39 is 0 Å². The Labute approximate surface area is 97.4 Å². The van der Waals surface area contributed by atoms with Crippen molar-refractivity contribution in [1.82, 2.24) is 0 Å². The molecule has 3 nitrogen and oxygen atoms in total. The van der Waals surface area contributed by atoms with Crippen LogP contribution in [0.25, 0.3) is 0 Å². The minimum atomic E-state index is -0.341. The molecule has 1 aromatic heterocycles. The zero-order chi connectivity index (χ0) is 11.6. The Morgan fingerprint density at radius 2 is 2.25 bits per heavy atom. The third-order valence-corrected chi connectivity index (χ3v) is 2.53. The molecule has 1 N–H and O–H groups in total. The molecule has 0 aromatic carbocycles. The van der Waals surface area contributed by atoms with E-state index >= 15 is 0 Å². The van der Waals surface area contributed by atoms with Gasteiger partial charge in [-0.25, -0.2) is 0 Å². The number of rotatable bonds is 9. The van der Waals surface area contributed by atoms with Crippen molar-refractivity contribution in [3.8, 4) is 0 Å². The third kappa shape index (κ3) is 5.93. The molecule has 0 bridgehead atoms. The first kappa shape index (κ1) is 13.3. The van der Waals surface area contributed by atoms with Gasteiger partial charge in [0, 0.05) is 0 Å². The Hall–Kier alpha value is -0.800. The van der Waals surface area contributed by atoms with E-state index in [9.17, 15) is 5.11 Å². The molecule has 0 saturated carbocycles. The summed E-state index contributed by atoms with van der Waals surface area (Å²) in [5.41, 5.74) is 0. The molecule has 0 aliphatic heterocycles. The van der Waals surface area contributed by atoms with Gasteiger partial charge in [-0.1, -0.05) is 32.6 Å². The van der Waals surface area contributed by atoms with Crippen molar-refractivity contribution in [2.45, 2.75) is 51.7 Å². The quantitative estimate of drug-likeness (QED) is 0.658. The van der Waals surface area contributed by atoms with Crippen molar-refractivity contribution in [3.05, 3.63) is 24.2 Å². The summed E-state index contributed by atoms with van der Waals surface area (Å²) in [4.78, 5) is 0. The summed E-state index contributed by atoms with van der Waals surface area (Å²) in [7, 11) is 0. The highest BCUT2D eigenvalue weighted by atomic mass is 16.5. The Morgan fingerprint density at radius 3 is 2.94 bits per heavy atom. The summed E-state index contributed by atoms with van der Waals surface area (Å²) in [5, 5.41) is 9.62. The van der Waals surface area contributed by atoms with Gasteiger partial charge in [0.2, 0.25) is 0 Å². The Bertz CT molecular complexity index is 244. The maximum absolute atomic E-state index is 9.62. The van der Waals surface area contributed by atoms with Crippen LogP contribution < -0.4 is 0 Å². The van der Waals surface area contributed by atoms with Crippen molar-refractivity contribution in [3.63, 3.8) is 0 Å². The summed E-state index contributed by atoms with van der Waals surface area (Å²) in [6, 6.07) is 3.70. The average Bonchev–Trinajstić information content (AvgIpc) is 2.77. The maximum atomic E-state index is 9.62. The zero-order valence-electron chi connectivity index (χ0n) is 10.0. The molecule has 16 heavy (non-hydrogen) atoms. The summed E-state index contributed by atoms with van der Waals surface area (Å²) >= 11 is 0. The fraction of sp³-hybridized carbons (Fsp3) is 0.692. The fourth-order valence-electron chi connectivity index (χ4n) is 1.58. The third-order valence-electron chi connectivity index (χ3n) is 2.53. The standard InChI is InChI=1S/C13H22O3/c1-2-3-4-5-7-12(14)10-15-11-13-8-6-9-16-13/h6,8-9,12,14H,2-5,7,10-11H2,1H3/t12-/m1/s1. The lowest BCUT2D eigenvalue weighted by molar-refractivity contribution is 0.0175. The summed E-state index contributed by atoms with van der Waals surface area (Å²) < 4.78 is 10.5. The first-order valence-corrected chi connectivity index (χ1v) is 6.11. The first-order chi connectivity index (χ1) is 7.83. The van der Waals surface area contributed by atoms with E-state index in [1.807, 2.05) is 12.1 Å². The molecule has 1 atom stereocenters. The van der Waals surface area contributed by atoms with Gasteiger partial charge in [-0.2, -0.15) is 0 Å². The smallest absolute Gasteiger partial charge is 0.129 e. The van der Waals surface area contributed by atoms with Crippen LogP contribution in [0.5, 0.6) is 0 Å². The normalized spacial score (nSPS) is 12.9. The summed E-state index contributed by atoms with van der Waals surface area (Å²) in [6.07, 6.45) is 6.88. The van der Waals surface area contributed by atoms with Crippen LogP contribution in [-0.2, 0) is 11.3 Å². The number of hydrogen-bond donors (Lipinski definition) is 1. The van der Waals surface area contributed by atoms with Crippen LogP contribution >= 0.6 is 0 Å². The van der Waals surface area contributed by atoms with Crippen LogP contribution in [-0.4, -0.2) is 17.8 Å². The Kier molecular flexibility index (Phi) is 6.93. The second-order valence-electron chi connectivity index (χ2n) is 4.10. The van der Waals surface area contributed by atoms with E-state index in [0.29, 0.717) is 13.2 Å². The highest BCUT2D eigenvalue weighted by Gasteiger charge is 2.04. The molecule has 0 amide bonds. The van der Waals surface area contributed by atoms with Crippen molar-refractivity contribution < 1.29 is 14.3 Å². The number of hydrogen-bond acceptors (Lipinski definition) is 3. The topological polar surface area (TPSA) is 42.6 Å². The van der Waals surface area contributed by atoms with E-state index in [0.717, 1.165) is 18.6 Å². The van der Waals surface area contributed by atoms with Crippen molar-refractivity contribution in [2.75, 3.05) is 6.61 Å². The SMILES string of the molecule is CCCCCC[C@@H](O)COCc1ccco1. The van der Waals surface area contributed by atoms with Gasteiger partial charge >= 0.3 is 0 Å². The molecule has 1 heterocycles. The molecule has 0 spiro atoms. The van der Waals surface area contributed by atoms with E-state index in [1.165, 1.54) is 19.3 Å². The number of aliphatic hydroxyl groups is 1. The monoisotopic (exact) mass is 226 g/mol. The second kappa shape index (κ2) is 8.36. The number of aliphatic hydroxyl groups excluding tert-OH is 1. The van der Waals surface area contributed by atoms with Gasteiger partial charge in [-0.3, -0.25) is 0 Å². The average molecular weight is 226 g/mol. The highest BCUT2D eigenvalue weighted by molar-refractivity contribution is 4.95. The molecule has 0 unspecified atom stereocenters. The van der Waals surface area contributed by atoms with Gasteiger partial charge in [0.05, 0.1) is 19.0 Å². The maximum Gasteiger partial charge on any atom is 0.129 e. The predicted octanol–water partition coefficient (Wildman–Crippen LogP) is 3.13. The molecule has 1 rings (SSSR count). The van der Waals surface area contributed by atoms with Crippen LogP contribution in [0.1, 0.15) is 44.8 Å². The molecular formula is C13H22O3. The number of ether oxygens (including phenoxy) is 1. The van der Waals surface area contributed by atoms with E-state index in [-0.39, 0.29) is 6.10 Å². The largest absolute Gasteiger partial charge is 0.467 e. The van der Waals surface area contributed by atoms with Crippen LogP contribution in [0, 0.1) is 0 Å². The van der Waals surface area contributed by atoms with Gasteiger partial charge in [0.25, 0.3) is 0 Å². The highest BCUT2D eigenvalue weighted by Crippen LogP contribution is 2.07. The van der Waals surface area contributed by atoms with Gasteiger partial charge in [-0.05, 0) is 18.6 Å². The minimum absolute atomic E-state index is 0.341. The molecule has 0 fully saturated rings. The lowest BCUT2D eigenvalue weighted by atomic mass is 10.1. The van der Waals surface area contributed by atoms with Crippen LogP contribution in [0.15, 0.2) is 22.8 Å². The van der Waals surface area contributed by atoms with E-state index in [1.54, 1.807) is 6.26 Å². The van der Waals surface area contributed by atoms with Crippen molar-refractivity contribution in [2.24, 2.45) is 0 Å². The van der Waals surface area contributed by atoms with Gasteiger partial charge < -0.3 is 14.3 Å². The first-order valence-electron chi connectivity index (χ1n) is 6.11. The van der Waals surface area contributed by atoms with Crippen molar-refractivity contribution >= 4 is 0 Å². The number of unbranched alkanes of at least 4 members (excludes halogenated alkanes) is 3. The molecule has 92 valence electrons. The van der Waals surface area contributed by atoms with Crippen molar-refractivity contribution in [1.29, 1.82) is 0 Å². The molecule has 0 aliphatic rings. The van der Waals surface area contributed by atoms with Crippen LogP contribution in [0.3, 0.4) is 0 Å². The Morgan fingerprint density at radius 1 is 1.38 bits per heavy atom. The van der Waals surface area contributed by atoms with Crippen LogP contribution in [0.4, 0.5) is 0 Å². The molecule has 0 saturated heterocycles. The molecular weight excluding hydrogens is 204 g/mol. The minimum Gasteiger partial charge on any atom is -0.467 e. The molecule has 0 radical (unpaired) electrons. The fourth-order valence-corrected chi connectivity index (χ4v) is 1.58. The summed E-state index contributed by atoms with van der Waals surface area (Å²) in [6.45, 7) is 3.02. The summed E-state index contributed by atoms with van der Waals surface area (Å²) in [5.74, 6) is 0.804. The van der Waals surface area contributed by atoms with Gasteiger partial charge in [0.1, 0.15) is 12.4 Å². The molecule has 3 heteroatoms. The van der Waals surface area contributed by atoms with Crippen LogP contribution in [0.2, 0.25) is 0 Å². The number of furan rings is 1. The zero-order valence-corrected chi connectivity index (χ0v) is 10.0. The van der Waals surface area contributed by atoms with E-state index in [4.69, 9.17) is 9.15 Å². The predicted molar refractivity (Wildman–Crippen MR) is 63.1 cm³/mol. The Balaban J connectivity index is 1.95. The molecule has 1 aromatic rings. The molecule has 0 aliphatic carbocycles. The lowest BCUT2D eigenvalue weighted by Crippen LogP contribution is -2.14. The second-order valence-corrected chi connectivity index (χ2v) is 4.10. The lowest BCUT2D eigenvalue weighted by Gasteiger charge is -2.10. The van der Waals surface area contributed by atoms with Gasteiger partial charge in [-0.15, -0.1) is 0 Å². The van der Waals surface area contributed by atoms with E-state index in [2.05, 4.69) is 6.92 Å². The van der Waals surface area contributed by atoms with Gasteiger partial charge in [0.15, 0.2) is 0 Å².